The number of carbonyl (C=O) groups is 2. The van der Waals surface area contributed by atoms with Crippen LogP contribution in [0.5, 0.6) is 0 Å². The summed E-state index contributed by atoms with van der Waals surface area (Å²) < 4.78 is 5.26. The number of hydrogen-bond acceptors (Lipinski definition) is 3. The van der Waals surface area contributed by atoms with E-state index in [1.165, 1.54) is 0 Å². The first-order valence-corrected chi connectivity index (χ1v) is 5.65. The van der Waals surface area contributed by atoms with Crippen molar-refractivity contribution in [2.75, 3.05) is 13.1 Å². The molecule has 1 saturated heterocycles. The minimum atomic E-state index is -0.437. The Bertz CT molecular complexity index is 266. The number of likely N-dealkylation sites (tertiary alicyclic amines) is 1. The predicted molar refractivity (Wildman–Crippen MR) is 60.0 cm³/mol. The van der Waals surface area contributed by atoms with Gasteiger partial charge in [0, 0.05) is 13.1 Å². The lowest BCUT2D eigenvalue weighted by atomic mass is 10.1. The molecule has 1 heterocycles. The van der Waals surface area contributed by atoms with Crippen LogP contribution >= 0.6 is 0 Å². The van der Waals surface area contributed by atoms with Crippen LogP contribution in [-0.4, -0.2) is 42.1 Å². The highest BCUT2D eigenvalue weighted by molar-refractivity contribution is 5.68. The van der Waals surface area contributed by atoms with Crippen LogP contribution in [-0.2, 0) is 9.53 Å². The summed E-state index contributed by atoms with van der Waals surface area (Å²) in [6, 6.07) is 0.0188. The minimum Gasteiger partial charge on any atom is -0.444 e. The Morgan fingerprint density at radius 1 is 1.62 bits per heavy atom. The van der Waals surface area contributed by atoms with Crippen LogP contribution in [0.3, 0.4) is 0 Å². The third-order valence-electron chi connectivity index (χ3n) is 2.91. The molecule has 0 aliphatic carbocycles. The number of carbonyl (C=O) groups excluding carboxylic acids is 2. The van der Waals surface area contributed by atoms with E-state index in [1.807, 2.05) is 20.8 Å². The quantitative estimate of drug-likeness (QED) is 0.734. The predicted octanol–water partition coefficient (Wildman–Crippen LogP) is 1.13. The summed E-state index contributed by atoms with van der Waals surface area (Å²) in [5.41, 5.74) is -0.437. The van der Waals surface area contributed by atoms with E-state index >= 15 is 0 Å². The average molecular weight is 228 g/mol. The molecular weight excluding hydrogens is 208 g/mol. The molecule has 0 aromatic heterocycles. The molecule has 0 spiro atoms. The van der Waals surface area contributed by atoms with Crippen LogP contribution in [0.25, 0.3) is 0 Å². The standard InChI is InChI=1S/C11H20N2O3/c1-4-11(2,3)16-10(15)12-9-5-6-13(7-9)8-14/h8-9H,4-7H2,1-3H3,(H,12,15). The lowest BCUT2D eigenvalue weighted by molar-refractivity contribution is -0.117. The number of nitrogens with zero attached hydrogens (tertiary/aromatic N) is 1. The molecule has 0 bridgehead atoms. The van der Waals surface area contributed by atoms with Crippen LogP contribution in [0.2, 0.25) is 0 Å². The Hall–Kier alpha value is -1.26. The fraction of sp³-hybridized carbons (Fsp3) is 0.818. The molecule has 0 aromatic rings. The molecule has 1 rings (SSSR count). The van der Waals surface area contributed by atoms with Gasteiger partial charge in [-0.15, -0.1) is 0 Å². The number of ether oxygens (including phenoxy) is 1. The first-order valence-electron chi connectivity index (χ1n) is 5.65. The molecule has 1 aliphatic rings. The van der Waals surface area contributed by atoms with E-state index in [4.69, 9.17) is 4.74 Å². The normalized spacial score (nSPS) is 20.7. The summed E-state index contributed by atoms with van der Waals surface area (Å²) in [4.78, 5) is 23.7. The first kappa shape index (κ1) is 12.8. The second kappa shape index (κ2) is 5.18. The highest BCUT2D eigenvalue weighted by atomic mass is 16.6. The van der Waals surface area contributed by atoms with Crippen molar-refractivity contribution in [1.29, 1.82) is 0 Å². The fourth-order valence-corrected chi connectivity index (χ4v) is 1.52. The monoisotopic (exact) mass is 228 g/mol. The third-order valence-corrected chi connectivity index (χ3v) is 2.91. The van der Waals surface area contributed by atoms with Crippen molar-refractivity contribution in [1.82, 2.24) is 10.2 Å². The zero-order valence-electron chi connectivity index (χ0n) is 10.2. The Labute approximate surface area is 96.1 Å². The van der Waals surface area contributed by atoms with E-state index in [2.05, 4.69) is 5.32 Å². The van der Waals surface area contributed by atoms with Gasteiger partial charge in [-0.25, -0.2) is 4.79 Å². The molecular formula is C11H20N2O3. The molecule has 0 radical (unpaired) electrons. The smallest absolute Gasteiger partial charge is 0.407 e. The summed E-state index contributed by atoms with van der Waals surface area (Å²) in [5.74, 6) is 0. The van der Waals surface area contributed by atoms with Crippen LogP contribution in [0.4, 0.5) is 4.79 Å². The van der Waals surface area contributed by atoms with Crippen LogP contribution in [0, 0.1) is 0 Å². The molecule has 0 aromatic carbocycles. The largest absolute Gasteiger partial charge is 0.444 e. The van der Waals surface area contributed by atoms with Crippen LogP contribution < -0.4 is 5.32 Å². The van der Waals surface area contributed by atoms with Gasteiger partial charge in [-0.1, -0.05) is 6.92 Å². The Kier molecular flexibility index (Phi) is 4.15. The Morgan fingerprint density at radius 3 is 2.81 bits per heavy atom. The summed E-state index contributed by atoms with van der Waals surface area (Å²) in [6.45, 7) is 6.99. The van der Waals surface area contributed by atoms with Crippen molar-refractivity contribution < 1.29 is 14.3 Å². The molecule has 1 aliphatic heterocycles. The topological polar surface area (TPSA) is 58.6 Å². The Balaban J connectivity index is 2.33. The van der Waals surface area contributed by atoms with E-state index in [0.29, 0.717) is 13.1 Å². The van der Waals surface area contributed by atoms with Gasteiger partial charge in [0.05, 0.1) is 6.04 Å². The van der Waals surface area contributed by atoms with Gasteiger partial charge in [0.1, 0.15) is 5.60 Å². The Morgan fingerprint density at radius 2 is 2.31 bits per heavy atom. The summed E-state index contributed by atoms with van der Waals surface area (Å²) >= 11 is 0. The lowest BCUT2D eigenvalue weighted by Gasteiger charge is -2.24. The van der Waals surface area contributed by atoms with Crippen molar-refractivity contribution >= 4 is 12.5 Å². The minimum absolute atomic E-state index is 0.0188. The van der Waals surface area contributed by atoms with Crippen molar-refractivity contribution in [3.05, 3.63) is 0 Å². The maximum absolute atomic E-state index is 11.5. The van der Waals surface area contributed by atoms with Crippen molar-refractivity contribution in [3.63, 3.8) is 0 Å². The molecule has 1 fully saturated rings. The van der Waals surface area contributed by atoms with E-state index in [9.17, 15) is 9.59 Å². The van der Waals surface area contributed by atoms with E-state index in [-0.39, 0.29) is 6.04 Å². The molecule has 1 unspecified atom stereocenters. The van der Waals surface area contributed by atoms with Gasteiger partial charge in [0.15, 0.2) is 0 Å². The van der Waals surface area contributed by atoms with Gasteiger partial charge in [-0.3, -0.25) is 4.79 Å². The average Bonchev–Trinajstić information content (AvgIpc) is 2.64. The highest BCUT2D eigenvalue weighted by Gasteiger charge is 2.26. The van der Waals surface area contributed by atoms with E-state index in [0.717, 1.165) is 19.3 Å². The van der Waals surface area contributed by atoms with Crippen molar-refractivity contribution in [3.8, 4) is 0 Å². The van der Waals surface area contributed by atoms with E-state index in [1.54, 1.807) is 4.90 Å². The summed E-state index contributed by atoms with van der Waals surface area (Å²) in [6.07, 6.45) is 1.97. The lowest BCUT2D eigenvalue weighted by Crippen LogP contribution is -2.41. The number of nitrogens with one attached hydrogen (secondary N) is 1. The van der Waals surface area contributed by atoms with Crippen LogP contribution in [0.1, 0.15) is 33.6 Å². The number of alkyl carbamates (subject to hydrolysis) is 1. The molecule has 1 N–H and O–H groups in total. The fourth-order valence-electron chi connectivity index (χ4n) is 1.52. The first-order chi connectivity index (χ1) is 7.46. The maximum Gasteiger partial charge on any atom is 0.407 e. The van der Waals surface area contributed by atoms with Gasteiger partial charge in [-0.05, 0) is 26.7 Å². The molecule has 2 amide bonds. The number of rotatable bonds is 4. The van der Waals surface area contributed by atoms with E-state index < -0.39 is 11.7 Å². The van der Waals surface area contributed by atoms with Gasteiger partial charge in [0.2, 0.25) is 6.41 Å². The maximum atomic E-state index is 11.5. The number of hydrogen-bond donors (Lipinski definition) is 1. The molecule has 16 heavy (non-hydrogen) atoms. The SMILES string of the molecule is CCC(C)(C)OC(=O)NC1CCN(C=O)C1. The van der Waals surface area contributed by atoms with Gasteiger partial charge in [0.25, 0.3) is 0 Å². The molecule has 0 saturated carbocycles. The zero-order chi connectivity index (χ0) is 12.2. The second-order valence-corrected chi connectivity index (χ2v) is 4.73. The van der Waals surface area contributed by atoms with Gasteiger partial charge < -0.3 is 15.0 Å². The molecule has 5 nitrogen and oxygen atoms in total. The second-order valence-electron chi connectivity index (χ2n) is 4.73. The third kappa shape index (κ3) is 3.72. The summed E-state index contributed by atoms with van der Waals surface area (Å²) in [5, 5.41) is 2.77. The van der Waals surface area contributed by atoms with Crippen molar-refractivity contribution in [2.24, 2.45) is 0 Å². The molecule has 1 atom stereocenters. The van der Waals surface area contributed by atoms with Crippen LogP contribution in [0.15, 0.2) is 0 Å². The summed E-state index contributed by atoms with van der Waals surface area (Å²) in [7, 11) is 0. The molecule has 5 heteroatoms. The zero-order valence-corrected chi connectivity index (χ0v) is 10.2. The van der Waals surface area contributed by atoms with Gasteiger partial charge >= 0.3 is 6.09 Å². The van der Waals surface area contributed by atoms with Gasteiger partial charge in [-0.2, -0.15) is 0 Å². The molecule has 92 valence electrons. The highest BCUT2D eigenvalue weighted by Crippen LogP contribution is 2.14. The van der Waals surface area contributed by atoms with Crippen molar-refractivity contribution in [2.45, 2.75) is 45.3 Å². The number of amides is 2.